The zero-order chi connectivity index (χ0) is 28.9. The van der Waals surface area contributed by atoms with Crippen molar-refractivity contribution in [2.75, 3.05) is 10.8 Å². The highest BCUT2D eigenvalue weighted by Crippen LogP contribution is 2.27. The third-order valence-electron chi connectivity index (χ3n) is 7.52. The molecule has 9 heteroatoms. The Bertz CT molecular complexity index is 1440. The largest absolute Gasteiger partial charge is 0.352 e. The standard InChI is InChI=1S/C31H36BrN3O4S/c1-22-13-18-28(19-23(22)2)35(40(38,39)29-11-5-4-6-12-29)21-30(36)34(20-25-14-16-26(32)17-15-25)24(3)31(37)33-27-9-7-8-10-27/h4-6,11-19,24,27H,7-10,20-21H2,1-3H3,(H,33,37). The summed E-state index contributed by atoms with van der Waals surface area (Å²) in [4.78, 5) is 28.9. The maximum atomic E-state index is 14.0. The molecule has 1 aliphatic carbocycles. The van der Waals surface area contributed by atoms with E-state index in [-0.39, 0.29) is 23.4 Å². The summed E-state index contributed by atoms with van der Waals surface area (Å²) < 4.78 is 29.8. The van der Waals surface area contributed by atoms with E-state index in [1.807, 2.05) is 44.2 Å². The van der Waals surface area contributed by atoms with Crippen molar-refractivity contribution < 1.29 is 18.0 Å². The summed E-state index contributed by atoms with van der Waals surface area (Å²) in [5.74, 6) is -0.698. The molecule has 1 aliphatic rings. The number of halogens is 1. The highest BCUT2D eigenvalue weighted by molar-refractivity contribution is 9.10. The molecule has 0 aromatic heterocycles. The molecule has 3 aromatic carbocycles. The predicted molar refractivity (Wildman–Crippen MR) is 161 cm³/mol. The molecule has 2 amide bonds. The number of carbonyl (C=O) groups is 2. The normalized spacial score (nSPS) is 14.5. The number of benzene rings is 3. The smallest absolute Gasteiger partial charge is 0.264 e. The van der Waals surface area contributed by atoms with Crippen LogP contribution in [-0.4, -0.2) is 43.8 Å². The lowest BCUT2D eigenvalue weighted by Crippen LogP contribution is -2.52. The lowest BCUT2D eigenvalue weighted by atomic mass is 10.1. The molecule has 0 bridgehead atoms. The van der Waals surface area contributed by atoms with Gasteiger partial charge in [-0.1, -0.05) is 65.2 Å². The molecule has 1 atom stereocenters. The van der Waals surface area contributed by atoms with Crippen molar-refractivity contribution in [3.8, 4) is 0 Å². The molecule has 0 aliphatic heterocycles. The Labute approximate surface area is 245 Å². The fourth-order valence-corrected chi connectivity index (χ4v) is 6.58. The monoisotopic (exact) mass is 625 g/mol. The molecule has 4 rings (SSSR count). The van der Waals surface area contributed by atoms with E-state index < -0.39 is 28.5 Å². The van der Waals surface area contributed by atoms with Gasteiger partial charge in [0, 0.05) is 17.1 Å². The lowest BCUT2D eigenvalue weighted by Gasteiger charge is -2.32. The van der Waals surface area contributed by atoms with E-state index >= 15 is 0 Å². The lowest BCUT2D eigenvalue weighted by molar-refractivity contribution is -0.139. The average molecular weight is 627 g/mol. The van der Waals surface area contributed by atoms with Crippen molar-refractivity contribution in [1.82, 2.24) is 10.2 Å². The quantitative estimate of drug-likeness (QED) is 0.311. The third kappa shape index (κ3) is 7.12. The summed E-state index contributed by atoms with van der Waals surface area (Å²) in [5, 5.41) is 3.09. The van der Waals surface area contributed by atoms with E-state index in [1.54, 1.807) is 37.3 Å². The van der Waals surface area contributed by atoms with Gasteiger partial charge in [0.25, 0.3) is 10.0 Å². The van der Waals surface area contributed by atoms with Gasteiger partial charge < -0.3 is 10.2 Å². The first kappa shape index (κ1) is 29.8. The molecule has 212 valence electrons. The molecular formula is C31H36BrN3O4S. The Morgan fingerprint density at radius 1 is 0.950 bits per heavy atom. The van der Waals surface area contributed by atoms with Crippen LogP contribution >= 0.6 is 15.9 Å². The summed E-state index contributed by atoms with van der Waals surface area (Å²) in [6, 6.07) is 20.3. The summed E-state index contributed by atoms with van der Waals surface area (Å²) in [5.41, 5.74) is 3.16. The number of nitrogens with zero attached hydrogens (tertiary/aromatic N) is 2. The first-order valence-electron chi connectivity index (χ1n) is 13.6. The second-order valence-electron chi connectivity index (χ2n) is 10.4. The van der Waals surface area contributed by atoms with E-state index in [1.165, 1.54) is 17.0 Å². The third-order valence-corrected chi connectivity index (χ3v) is 9.84. The van der Waals surface area contributed by atoms with Crippen LogP contribution in [0.4, 0.5) is 5.69 Å². The molecule has 1 N–H and O–H groups in total. The second-order valence-corrected chi connectivity index (χ2v) is 13.2. The number of hydrogen-bond acceptors (Lipinski definition) is 4. The van der Waals surface area contributed by atoms with E-state index in [0.29, 0.717) is 5.69 Å². The van der Waals surface area contributed by atoms with Gasteiger partial charge >= 0.3 is 0 Å². The molecule has 0 radical (unpaired) electrons. The van der Waals surface area contributed by atoms with Crippen LogP contribution < -0.4 is 9.62 Å². The minimum Gasteiger partial charge on any atom is -0.352 e. The Morgan fingerprint density at radius 2 is 1.60 bits per heavy atom. The number of rotatable bonds is 10. The van der Waals surface area contributed by atoms with Gasteiger partial charge in [-0.25, -0.2) is 8.42 Å². The molecule has 0 spiro atoms. The van der Waals surface area contributed by atoms with Gasteiger partial charge in [-0.15, -0.1) is 0 Å². The van der Waals surface area contributed by atoms with Crippen LogP contribution in [0, 0.1) is 13.8 Å². The van der Waals surface area contributed by atoms with Crippen LogP contribution in [0.15, 0.2) is 82.2 Å². The Balaban J connectivity index is 1.69. The topological polar surface area (TPSA) is 86.8 Å². The minimum absolute atomic E-state index is 0.0903. The molecule has 3 aromatic rings. The van der Waals surface area contributed by atoms with Crippen molar-refractivity contribution in [2.24, 2.45) is 0 Å². The SMILES string of the molecule is Cc1ccc(N(CC(=O)N(Cc2ccc(Br)cc2)C(C)C(=O)NC2CCCC2)S(=O)(=O)c2ccccc2)cc1C. The number of amides is 2. The predicted octanol–water partition coefficient (Wildman–Crippen LogP) is 5.74. The van der Waals surface area contributed by atoms with Crippen LogP contribution in [0.25, 0.3) is 0 Å². The summed E-state index contributed by atoms with van der Waals surface area (Å²) in [6.07, 6.45) is 4.00. The molecule has 1 saturated carbocycles. The summed E-state index contributed by atoms with van der Waals surface area (Å²) in [7, 11) is -4.08. The van der Waals surface area contributed by atoms with Gasteiger partial charge in [0.15, 0.2) is 0 Å². The number of anilines is 1. The average Bonchev–Trinajstić information content (AvgIpc) is 3.46. The first-order chi connectivity index (χ1) is 19.1. The van der Waals surface area contributed by atoms with Crippen molar-refractivity contribution in [3.05, 3.63) is 94.0 Å². The van der Waals surface area contributed by atoms with Crippen LogP contribution in [0.1, 0.15) is 49.3 Å². The van der Waals surface area contributed by atoms with Gasteiger partial charge in [-0.3, -0.25) is 13.9 Å². The minimum atomic E-state index is -4.08. The van der Waals surface area contributed by atoms with Gasteiger partial charge in [-0.2, -0.15) is 0 Å². The molecule has 40 heavy (non-hydrogen) atoms. The Kier molecular flexibility index (Phi) is 9.68. The molecular weight excluding hydrogens is 590 g/mol. The first-order valence-corrected chi connectivity index (χ1v) is 15.8. The van der Waals surface area contributed by atoms with Crippen LogP contribution in [0.5, 0.6) is 0 Å². The second kappa shape index (κ2) is 13.0. The number of nitrogens with one attached hydrogen (secondary N) is 1. The van der Waals surface area contributed by atoms with Crippen molar-refractivity contribution in [2.45, 2.75) is 70.0 Å². The Morgan fingerprint density at radius 3 is 2.23 bits per heavy atom. The summed E-state index contributed by atoms with van der Waals surface area (Å²) in [6.45, 7) is 5.27. The van der Waals surface area contributed by atoms with Gasteiger partial charge in [0.1, 0.15) is 12.6 Å². The molecule has 0 saturated heterocycles. The number of sulfonamides is 1. The summed E-state index contributed by atoms with van der Waals surface area (Å²) >= 11 is 3.44. The number of hydrogen-bond donors (Lipinski definition) is 1. The number of aryl methyl sites for hydroxylation is 2. The van der Waals surface area contributed by atoms with E-state index in [2.05, 4.69) is 21.2 Å². The zero-order valence-electron chi connectivity index (χ0n) is 23.1. The van der Waals surface area contributed by atoms with Crippen LogP contribution in [-0.2, 0) is 26.2 Å². The van der Waals surface area contributed by atoms with Gasteiger partial charge in [0.2, 0.25) is 11.8 Å². The molecule has 0 heterocycles. The molecule has 1 unspecified atom stereocenters. The maximum absolute atomic E-state index is 14.0. The fraction of sp³-hybridized carbons (Fsp3) is 0.355. The Hall–Kier alpha value is -3.17. The van der Waals surface area contributed by atoms with E-state index in [9.17, 15) is 18.0 Å². The molecule has 7 nitrogen and oxygen atoms in total. The van der Waals surface area contributed by atoms with Crippen molar-refractivity contribution >= 4 is 43.5 Å². The van der Waals surface area contributed by atoms with Crippen LogP contribution in [0.2, 0.25) is 0 Å². The molecule has 1 fully saturated rings. The van der Waals surface area contributed by atoms with Crippen molar-refractivity contribution in [1.29, 1.82) is 0 Å². The maximum Gasteiger partial charge on any atom is 0.264 e. The van der Waals surface area contributed by atoms with Crippen LogP contribution in [0.3, 0.4) is 0 Å². The highest BCUT2D eigenvalue weighted by atomic mass is 79.9. The van der Waals surface area contributed by atoms with E-state index in [4.69, 9.17) is 0 Å². The van der Waals surface area contributed by atoms with Gasteiger partial charge in [0.05, 0.1) is 10.6 Å². The van der Waals surface area contributed by atoms with E-state index in [0.717, 1.165) is 51.2 Å². The highest BCUT2D eigenvalue weighted by Gasteiger charge is 2.33. The van der Waals surface area contributed by atoms with Gasteiger partial charge in [-0.05, 0) is 86.7 Å². The number of carbonyl (C=O) groups excluding carboxylic acids is 2. The van der Waals surface area contributed by atoms with Crippen molar-refractivity contribution in [3.63, 3.8) is 0 Å². The zero-order valence-corrected chi connectivity index (χ0v) is 25.5. The fourth-order valence-electron chi connectivity index (χ4n) is 4.89.